The van der Waals surface area contributed by atoms with Crippen molar-refractivity contribution in [2.24, 2.45) is 0 Å². The third-order valence-corrected chi connectivity index (χ3v) is 6.51. The predicted octanol–water partition coefficient (Wildman–Crippen LogP) is 7.67. The van der Waals surface area contributed by atoms with Crippen molar-refractivity contribution in [3.63, 3.8) is 0 Å². The van der Waals surface area contributed by atoms with Crippen LogP contribution >= 0.6 is 0 Å². The third kappa shape index (κ3) is 6.23. The largest absolute Gasteiger partial charge is 0.493 e. The molecule has 4 aromatic rings. The fraction of sp³-hybridized carbons (Fsp3) is 0.156. The van der Waals surface area contributed by atoms with Gasteiger partial charge in [0, 0.05) is 41.4 Å². The van der Waals surface area contributed by atoms with Gasteiger partial charge in [-0.3, -0.25) is 0 Å². The van der Waals surface area contributed by atoms with Gasteiger partial charge in [0.15, 0.2) is 11.5 Å². The number of anilines is 2. The van der Waals surface area contributed by atoms with Crippen LogP contribution in [0.4, 0.5) is 20.4 Å². The van der Waals surface area contributed by atoms with Crippen molar-refractivity contribution in [3.05, 3.63) is 108 Å². The Balaban J connectivity index is 1.55. The Hall–Kier alpha value is -4.85. The van der Waals surface area contributed by atoms with Gasteiger partial charge in [-0.2, -0.15) is 5.12 Å². The first kappa shape index (κ1) is 28.2. The van der Waals surface area contributed by atoms with Gasteiger partial charge in [-0.25, -0.2) is 9.37 Å². The van der Waals surface area contributed by atoms with Crippen LogP contribution in [-0.2, 0) is 0 Å². The molecule has 0 unspecified atom stereocenters. The van der Waals surface area contributed by atoms with Crippen LogP contribution in [0, 0.1) is 12.7 Å². The van der Waals surface area contributed by atoms with E-state index in [1.54, 1.807) is 51.7 Å². The zero-order valence-electron chi connectivity index (χ0n) is 23.1. The molecular formula is C32H32F2N4O2. The van der Waals surface area contributed by atoms with Crippen LogP contribution in [-0.4, -0.2) is 19.2 Å². The number of nitrogens with two attached hydrogens (primary N) is 1. The fourth-order valence-electron chi connectivity index (χ4n) is 4.16. The second kappa shape index (κ2) is 12.3. The topological polar surface area (TPSA) is 72.6 Å². The number of allylic oxidation sites excluding steroid dienone is 2. The van der Waals surface area contributed by atoms with Crippen LogP contribution in [0.3, 0.4) is 0 Å². The number of hydrogen-bond donors (Lipinski definition) is 2. The summed E-state index contributed by atoms with van der Waals surface area (Å²) in [4.78, 5) is 4.26. The van der Waals surface area contributed by atoms with Crippen molar-refractivity contribution in [2.75, 3.05) is 25.1 Å². The summed E-state index contributed by atoms with van der Waals surface area (Å²) in [6, 6.07) is 19.4. The molecule has 0 atom stereocenters. The molecule has 0 aliphatic rings. The minimum atomic E-state index is -0.631. The van der Waals surface area contributed by atoms with Gasteiger partial charge in [0.25, 0.3) is 0 Å². The molecule has 3 aromatic carbocycles. The van der Waals surface area contributed by atoms with Crippen LogP contribution in [0.2, 0.25) is 0 Å². The lowest BCUT2D eigenvalue weighted by Crippen LogP contribution is -2.12. The smallest absolute Gasteiger partial charge is 0.161 e. The van der Waals surface area contributed by atoms with Gasteiger partial charge < -0.3 is 20.5 Å². The minimum Gasteiger partial charge on any atom is -0.493 e. The molecule has 4 rings (SSSR count). The van der Waals surface area contributed by atoms with Crippen molar-refractivity contribution in [1.29, 1.82) is 0 Å². The monoisotopic (exact) mass is 542 g/mol. The van der Waals surface area contributed by atoms with Crippen LogP contribution in [0.15, 0.2) is 91.0 Å². The number of hydrogen-bond acceptors (Lipinski definition) is 6. The average molecular weight is 543 g/mol. The molecule has 1 heterocycles. The van der Waals surface area contributed by atoms with Gasteiger partial charge in [-0.05, 0) is 67.8 Å². The average Bonchev–Trinajstić information content (AvgIpc) is 2.97. The SMILES string of the molecule is COc1ccc(-c2cnc(N)c(-c3ccc(N(F)/C(C)=C/N/C=C(\C)c4ccc(C)cc4)cc3F)c2)cc1OC. The number of halogens is 2. The molecule has 3 N–H and O–H groups in total. The molecule has 0 bridgehead atoms. The standard InChI is InChI=1S/C32H32F2N4O2/c1-20-6-8-23(9-7-20)21(2)17-36-18-22(3)38(34)26-11-12-27(29(33)16-26)28-14-25(19-37-32(28)35)24-10-13-30(39-4)31(15-24)40-5/h6-19,36H,1-5H3,(H2,35,37)/b21-17+,22-18+. The number of aryl methyl sites for hydroxylation is 1. The predicted molar refractivity (Wildman–Crippen MR) is 158 cm³/mol. The first-order chi connectivity index (χ1) is 19.2. The molecule has 0 saturated carbocycles. The van der Waals surface area contributed by atoms with Crippen molar-refractivity contribution in [2.45, 2.75) is 20.8 Å². The Kier molecular flexibility index (Phi) is 8.69. The van der Waals surface area contributed by atoms with E-state index in [0.717, 1.165) is 22.8 Å². The van der Waals surface area contributed by atoms with Crippen LogP contribution in [0.5, 0.6) is 11.5 Å². The van der Waals surface area contributed by atoms with Gasteiger partial charge in [0.05, 0.1) is 25.6 Å². The van der Waals surface area contributed by atoms with E-state index in [4.69, 9.17) is 15.2 Å². The fourth-order valence-corrected chi connectivity index (χ4v) is 4.16. The van der Waals surface area contributed by atoms with Crippen LogP contribution in [0.1, 0.15) is 25.0 Å². The summed E-state index contributed by atoms with van der Waals surface area (Å²) in [5.41, 5.74) is 11.7. The summed E-state index contributed by atoms with van der Waals surface area (Å²) in [5, 5.41) is 3.42. The highest BCUT2D eigenvalue weighted by Gasteiger charge is 2.16. The molecule has 1 aromatic heterocycles. The van der Waals surface area contributed by atoms with E-state index in [0.29, 0.717) is 27.7 Å². The zero-order chi connectivity index (χ0) is 28.8. The first-order valence-electron chi connectivity index (χ1n) is 12.6. The van der Waals surface area contributed by atoms with Crippen LogP contribution in [0.25, 0.3) is 27.8 Å². The third-order valence-electron chi connectivity index (χ3n) is 6.51. The van der Waals surface area contributed by atoms with Gasteiger partial charge >= 0.3 is 0 Å². The Labute approximate surface area is 233 Å². The number of aromatic nitrogens is 1. The van der Waals surface area contributed by atoms with E-state index in [9.17, 15) is 0 Å². The minimum absolute atomic E-state index is 0.0404. The van der Waals surface area contributed by atoms with Crippen molar-refractivity contribution < 1.29 is 18.3 Å². The summed E-state index contributed by atoms with van der Waals surface area (Å²) in [6.07, 6.45) is 4.90. The van der Waals surface area contributed by atoms with E-state index in [1.165, 1.54) is 23.9 Å². The highest BCUT2D eigenvalue weighted by atomic mass is 19.2. The maximum atomic E-state index is 15.3. The number of methoxy groups -OCH3 is 2. The number of nitrogens with one attached hydrogen (secondary N) is 1. The van der Waals surface area contributed by atoms with E-state index in [2.05, 4.69) is 10.3 Å². The van der Waals surface area contributed by atoms with E-state index < -0.39 is 5.82 Å². The molecule has 8 heteroatoms. The quantitative estimate of drug-likeness (QED) is 0.212. The Bertz CT molecular complexity index is 1570. The number of rotatable bonds is 9. The molecule has 0 saturated heterocycles. The number of pyridine rings is 1. The van der Waals surface area contributed by atoms with E-state index in [1.807, 2.05) is 44.2 Å². The molecule has 0 fully saturated rings. The number of nitrogens with zero attached hydrogens (tertiary/aromatic N) is 2. The van der Waals surface area contributed by atoms with Crippen molar-refractivity contribution >= 4 is 17.1 Å². The normalized spacial score (nSPS) is 11.8. The molecular weight excluding hydrogens is 510 g/mol. The van der Waals surface area contributed by atoms with Crippen molar-refractivity contribution in [1.82, 2.24) is 10.3 Å². The molecule has 0 spiro atoms. The van der Waals surface area contributed by atoms with Gasteiger partial charge in [-0.15, -0.1) is 0 Å². The van der Waals surface area contributed by atoms with Crippen molar-refractivity contribution in [3.8, 4) is 33.8 Å². The first-order valence-corrected chi connectivity index (χ1v) is 12.6. The summed E-state index contributed by atoms with van der Waals surface area (Å²) < 4.78 is 41.1. The lowest BCUT2D eigenvalue weighted by atomic mass is 10.00. The van der Waals surface area contributed by atoms with E-state index in [-0.39, 0.29) is 22.8 Å². The summed E-state index contributed by atoms with van der Waals surface area (Å²) >= 11 is 0. The molecule has 6 nitrogen and oxygen atoms in total. The molecule has 206 valence electrons. The lowest BCUT2D eigenvalue weighted by molar-refractivity contribution is 0.355. The molecule has 0 aliphatic heterocycles. The summed E-state index contributed by atoms with van der Waals surface area (Å²) in [5.74, 6) is 0.665. The Morgan fingerprint density at radius 3 is 2.27 bits per heavy atom. The summed E-state index contributed by atoms with van der Waals surface area (Å²) in [7, 11) is 3.11. The Morgan fingerprint density at radius 2 is 1.60 bits per heavy atom. The second-order valence-corrected chi connectivity index (χ2v) is 9.32. The zero-order valence-corrected chi connectivity index (χ0v) is 23.1. The number of benzene rings is 3. The Morgan fingerprint density at radius 1 is 0.875 bits per heavy atom. The highest BCUT2D eigenvalue weighted by molar-refractivity contribution is 5.81. The van der Waals surface area contributed by atoms with Gasteiger partial charge in [0.2, 0.25) is 0 Å². The molecule has 0 radical (unpaired) electrons. The maximum absolute atomic E-state index is 15.3. The van der Waals surface area contributed by atoms with Crippen LogP contribution < -0.4 is 25.6 Å². The lowest BCUT2D eigenvalue weighted by Gasteiger charge is -2.16. The maximum Gasteiger partial charge on any atom is 0.161 e. The molecule has 0 aliphatic carbocycles. The van der Waals surface area contributed by atoms with Gasteiger partial charge in [-0.1, -0.05) is 40.4 Å². The second-order valence-electron chi connectivity index (χ2n) is 9.32. The van der Waals surface area contributed by atoms with E-state index >= 15 is 8.87 Å². The number of ether oxygens (including phenoxy) is 2. The highest BCUT2D eigenvalue weighted by Crippen LogP contribution is 2.36. The molecule has 40 heavy (non-hydrogen) atoms. The van der Waals surface area contributed by atoms with Gasteiger partial charge in [0.1, 0.15) is 11.6 Å². The summed E-state index contributed by atoms with van der Waals surface area (Å²) in [6.45, 7) is 5.58. The number of nitrogen functional groups attached to an aromatic ring is 1. The molecule has 0 amide bonds.